The van der Waals surface area contributed by atoms with Crippen molar-refractivity contribution in [1.82, 2.24) is 0 Å². The highest BCUT2D eigenvalue weighted by Gasteiger charge is 2.53. The van der Waals surface area contributed by atoms with Gasteiger partial charge in [-0.1, -0.05) is 91.0 Å². The Balaban J connectivity index is 1.25. The number of methoxy groups -OCH3 is 1. The maximum atomic E-state index is 11.2. The molecule has 16 nitrogen and oxygen atoms in total. The number of aliphatic hydroxyl groups excluding tert-OH is 1. The number of benzene rings is 3. The van der Waals surface area contributed by atoms with Crippen LogP contribution in [0.1, 0.15) is 16.7 Å². The lowest BCUT2D eigenvalue weighted by atomic mass is 9.93. The molecule has 3 aliphatic heterocycles. The summed E-state index contributed by atoms with van der Waals surface area (Å²) in [6, 6.07) is 26.2. The van der Waals surface area contributed by atoms with Crippen LogP contribution in [0.4, 0.5) is 0 Å². The van der Waals surface area contributed by atoms with Crippen molar-refractivity contribution in [3.63, 3.8) is 0 Å². The van der Waals surface area contributed by atoms with Gasteiger partial charge in [0.2, 0.25) is 0 Å². The highest BCUT2D eigenvalue weighted by Crippen LogP contribution is 2.34. The van der Waals surface area contributed by atoms with Crippen molar-refractivity contribution in [2.75, 3.05) is 26.7 Å². The van der Waals surface area contributed by atoms with Crippen LogP contribution in [0.5, 0.6) is 0 Å². The summed E-state index contributed by atoms with van der Waals surface area (Å²) in [6.07, 6.45) is -10.8. The molecule has 3 heterocycles. The number of hydrogen-bond acceptors (Lipinski definition) is 16. The molecule has 3 aromatic rings. The zero-order valence-electron chi connectivity index (χ0n) is 31.6. The molecular weight excluding hydrogens is 724 g/mol. The van der Waals surface area contributed by atoms with E-state index in [0.29, 0.717) is 0 Å². The van der Waals surface area contributed by atoms with Crippen molar-refractivity contribution in [3.8, 4) is 0 Å². The molecule has 15 atom stereocenters. The molecule has 0 amide bonds. The Morgan fingerprint density at radius 3 is 1.21 bits per heavy atom. The quantitative estimate of drug-likeness (QED) is 0.0915. The second-order valence-electron chi connectivity index (χ2n) is 14.3. The van der Waals surface area contributed by atoms with Gasteiger partial charge in [0.1, 0.15) is 54.9 Å². The third kappa shape index (κ3) is 10.2. The third-order valence-corrected chi connectivity index (χ3v) is 10.5. The Morgan fingerprint density at radius 1 is 0.482 bits per heavy atom. The van der Waals surface area contributed by atoms with Gasteiger partial charge in [0, 0.05) is 26.7 Å². The van der Waals surface area contributed by atoms with Gasteiger partial charge in [0.05, 0.1) is 37.9 Å². The summed E-state index contributed by atoms with van der Waals surface area (Å²) in [6.45, 7) is 0.629. The molecule has 0 aliphatic carbocycles. The second kappa shape index (κ2) is 20.6. The number of rotatable bonds is 17. The van der Waals surface area contributed by atoms with Gasteiger partial charge in [-0.15, -0.1) is 0 Å². The van der Waals surface area contributed by atoms with Crippen molar-refractivity contribution in [3.05, 3.63) is 108 Å². The minimum atomic E-state index is -1.12. The van der Waals surface area contributed by atoms with Gasteiger partial charge >= 0.3 is 0 Å². The lowest BCUT2D eigenvalue weighted by Gasteiger charge is -2.50. The summed E-state index contributed by atoms with van der Waals surface area (Å²) in [5, 5.41) is 11.2. The van der Waals surface area contributed by atoms with E-state index in [1.807, 2.05) is 91.0 Å². The predicted octanol–water partition coefficient (Wildman–Crippen LogP) is -0.447. The van der Waals surface area contributed by atoms with E-state index in [4.69, 9.17) is 77.0 Å². The molecule has 0 aromatic heterocycles. The summed E-state index contributed by atoms with van der Waals surface area (Å²) in [5.41, 5.74) is 41.9. The highest BCUT2D eigenvalue weighted by molar-refractivity contribution is 5.15. The van der Waals surface area contributed by atoms with E-state index >= 15 is 0 Å². The molecule has 13 N–H and O–H groups in total. The van der Waals surface area contributed by atoms with Crippen LogP contribution in [0.15, 0.2) is 91.0 Å². The van der Waals surface area contributed by atoms with Crippen molar-refractivity contribution >= 4 is 0 Å². The molecule has 0 saturated carbocycles. The maximum Gasteiger partial charge on any atom is 0.176 e. The van der Waals surface area contributed by atoms with E-state index in [9.17, 15) is 5.11 Å². The Kier molecular flexibility index (Phi) is 15.7. The molecule has 0 spiro atoms. The van der Waals surface area contributed by atoms with Crippen LogP contribution in [0.2, 0.25) is 0 Å². The van der Waals surface area contributed by atoms with E-state index in [0.717, 1.165) is 16.7 Å². The van der Waals surface area contributed by atoms with E-state index in [1.54, 1.807) is 0 Å². The van der Waals surface area contributed by atoms with E-state index in [1.165, 1.54) is 7.11 Å². The molecule has 3 fully saturated rings. The van der Waals surface area contributed by atoms with Crippen molar-refractivity contribution in [2.45, 2.75) is 112 Å². The zero-order chi connectivity index (χ0) is 39.6. The topological polar surface area (TPSA) is 259 Å². The van der Waals surface area contributed by atoms with Gasteiger partial charge in [-0.2, -0.15) is 0 Å². The standard InChI is InChI=1S/C40H58N6O10/c1-48-38-30(45)36(50-21-24-13-7-3-8-14-24)33(27(18-42)53-38)56-40-31(46)37(51-22-25-15-9-4-10-16-25)34(28(19-43)54-40)55-39-29(44)35(32(47)26(17-41)52-39)49-20-23-11-5-2-6-12-23/h2-16,26-40,47H,17-22,41-46H2,1H3/t26-,27-,28-,29-,30-,31-,32-,33-,34-,35-,36-,37-,38+,39-,40-/m1/s1. The van der Waals surface area contributed by atoms with Crippen LogP contribution in [-0.4, -0.2) is 124 Å². The molecular formula is C40H58N6O10. The fourth-order valence-corrected chi connectivity index (χ4v) is 7.38. The minimum Gasteiger partial charge on any atom is -0.388 e. The van der Waals surface area contributed by atoms with Gasteiger partial charge in [-0.3, -0.25) is 0 Å². The minimum absolute atomic E-state index is 0.0187. The first-order valence-corrected chi connectivity index (χ1v) is 19.1. The fourth-order valence-electron chi connectivity index (χ4n) is 7.38. The van der Waals surface area contributed by atoms with Crippen LogP contribution in [0, 0.1) is 0 Å². The lowest BCUT2D eigenvalue weighted by molar-refractivity contribution is -0.349. The van der Waals surface area contributed by atoms with Gasteiger partial charge in [0.25, 0.3) is 0 Å². The highest BCUT2D eigenvalue weighted by atomic mass is 16.7. The number of aliphatic hydroxyl groups is 1. The monoisotopic (exact) mass is 782 g/mol. The van der Waals surface area contributed by atoms with Crippen LogP contribution >= 0.6 is 0 Å². The van der Waals surface area contributed by atoms with Crippen molar-refractivity contribution in [2.24, 2.45) is 34.4 Å². The zero-order valence-corrected chi connectivity index (χ0v) is 31.6. The number of nitrogens with two attached hydrogens (primary N) is 6. The number of hydrogen-bond donors (Lipinski definition) is 7. The van der Waals surface area contributed by atoms with Crippen LogP contribution in [-0.2, 0) is 62.5 Å². The lowest BCUT2D eigenvalue weighted by Crippen LogP contribution is -2.70. The summed E-state index contributed by atoms with van der Waals surface area (Å²) >= 11 is 0. The average molecular weight is 783 g/mol. The van der Waals surface area contributed by atoms with Crippen LogP contribution in [0.25, 0.3) is 0 Å². The van der Waals surface area contributed by atoms with E-state index < -0.39 is 91.9 Å². The van der Waals surface area contributed by atoms with Gasteiger partial charge in [-0.05, 0) is 16.7 Å². The second-order valence-corrected chi connectivity index (χ2v) is 14.3. The number of ether oxygens (including phenoxy) is 9. The molecule has 3 aliphatic rings. The molecule has 0 radical (unpaired) electrons. The third-order valence-electron chi connectivity index (χ3n) is 10.5. The van der Waals surface area contributed by atoms with Gasteiger partial charge in [0.15, 0.2) is 18.9 Å². The molecule has 308 valence electrons. The Labute approximate surface area is 327 Å². The summed E-state index contributed by atoms with van der Waals surface area (Å²) < 4.78 is 56.9. The molecule has 3 saturated heterocycles. The van der Waals surface area contributed by atoms with Crippen molar-refractivity contribution < 1.29 is 47.7 Å². The molecule has 16 heteroatoms. The normalized spacial score (nSPS) is 36.3. The van der Waals surface area contributed by atoms with E-state index in [2.05, 4.69) is 0 Å². The molecule has 56 heavy (non-hydrogen) atoms. The van der Waals surface area contributed by atoms with Gasteiger partial charge < -0.3 is 82.1 Å². The SMILES string of the molecule is CO[C@H]1O[C@H](CN)[C@@H](O[C@H]2O[C@H](CN)[C@@H](O[C@H]3O[C@H](CN)[C@@H](O)[C@H](OCc4ccccc4)[C@H]3N)[C@H](OCc3ccccc3)[C@H]2N)[C@H](OCc2ccccc2)[C@H]1N. The summed E-state index contributed by atoms with van der Waals surface area (Å²) in [4.78, 5) is 0. The van der Waals surface area contributed by atoms with E-state index in [-0.39, 0.29) is 39.5 Å². The molecule has 0 unspecified atom stereocenters. The summed E-state index contributed by atoms with van der Waals surface area (Å²) in [7, 11) is 1.50. The van der Waals surface area contributed by atoms with Crippen LogP contribution in [0.3, 0.4) is 0 Å². The summed E-state index contributed by atoms with van der Waals surface area (Å²) in [5.74, 6) is 0. The smallest absolute Gasteiger partial charge is 0.176 e. The fraction of sp³-hybridized carbons (Fsp3) is 0.550. The first kappa shape index (κ1) is 42.6. The van der Waals surface area contributed by atoms with Gasteiger partial charge in [-0.25, -0.2) is 0 Å². The Hall–Kier alpha value is -2.98. The maximum absolute atomic E-state index is 11.2. The molecule has 3 aromatic carbocycles. The molecule has 6 rings (SSSR count). The van der Waals surface area contributed by atoms with Crippen molar-refractivity contribution in [1.29, 1.82) is 0 Å². The van der Waals surface area contributed by atoms with Crippen LogP contribution < -0.4 is 34.4 Å². The predicted molar refractivity (Wildman–Crippen MR) is 205 cm³/mol. The molecule has 0 bridgehead atoms. The average Bonchev–Trinajstić information content (AvgIpc) is 3.23. The Morgan fingerprint density at radius 2 is 0.821 bits per heavy atom. The largest absolute Gasteiger partial charge is 0.388 e. The first-order valence-electron chi connectivity index (χ1n) is 19.1. The first-order chi connectivity index (χ1) is 27.3. The Bertz CT molecular complexity index is 1570.